The van der Waals surface area contributed by atoms with Crippen LogP contribution in [0.3, 0.4) is 0 Å². The molecule has 0 bridgehead atoms. The molecule has 1 amide bonds. The number of nitrogens with zero attached hydrogens (tertiary/aromatic N) is 1. The second-order valence-corrected chi connectivity index (χ2v) is 9.30. The van der Waals surface area contributed by atoms with Gasteiger partial charge in [-0.2, -0.15) is 0 Å². The minimum atomic E-state index is -0.236. The first kappa shape index (κ1) is 24.7. The average Bonchev–Trinajstić information content (AvgIpc) is 2.92. The first-order chi connectivity index (χ1) is 18.1. The Labute approximate surface area is 221 Å². The summed E-state index contributed by atoms with van der Waals surface area (Å²) in [5.41, 5.74) is 6.60. The molecule has 0 atom stereocenters. The summed E-state index contributed by atoms with van der Waals surface area (Å²) in [5.74, 6) is 1.09. The van der Waals surface area contributed by atoms with Gasteiger partial charge in [0.2, 0.25) is 5.91 Å². The summed E-state index contributed by atoms with van der Waals surface area (Å²) in [4.78, 5) is 17.6. The number of halogens is 1. The third-order valence-corrected chi connectivity index (χ3v) is 6.85. The third kappa shape index (κ3) is 5.39. The van der Waals surface area contributed by atoms with Crippen molar-refractivity contribution in [2.75, 3.05) is 24.9 Å². The highest BCUT2D eigenvalue weighted by Gasteiger charge is 2.19. The topological polar surface area (TPSA) is 72.5 Å². The highest BCUT2D eigenvalue weighted by molar-refractivity contribution is 6.32. The maximum Gasteiger partial charge on any atom is 0.248 e. The maximum atomic E-state index is 12.7. The van der Waals surface area contributed by atoms with Gasteiger partial charge >= 0.3 is 0 Å². The van der Waals surface area contributed by atoms with Crippen LogP contribution in [0.1, 0.15) is 29.7 Å². The molecule has 7 heteroatoms. The zero-order valence-corrected chi connectivity index (χ0v) is 21.6. The molecule has 0 aliphatic heterocycles. The molecule has 1 aromatic heterocycles. The Bertz CT molecular complexity index is 1500. The van der Waals surface area contributed by atoms with Crippen LogP contribution in [0.4, 0.5) is 17.1 Å². The molecule has 3 aromatic carbocycles. The largest absolute Gasteiger partial charge is 0.493 e. The number of fused-ring (bicyclic) bond motifs is 2. The molecule has 0 radical (unpaired) electrons. The van der Waals surface area contributed by atoms with Gasteiger partial charge in [-0.05, 0) is 79.3 Å². The number of aromatic nitrogens is 1. The molecular formula is C30H28ClN3O3. The number of benzene rings is 3. The van der Waals surface area contributed by atoms with Gasteiger partial charge in [0.15, 0.2) is 11.5 Å². The van der Waals surface area contributed by atoms with E-state index in [1.165, 1.54) is 11.6 Å². The standard InChI is InChI=1S/C30H28ClN3O3/c1-36-27-15-13-21(18-28(27)37-2)33-30-22-8-4-6-10-25(22)34-26-14-12-20(17-23(26)30)32-29(35)16-11-19-7-3-5-9-24(19)31/h3,5,7,9,11-18H,4,6,8,10H2,1-2H3,(H,32,35)(H,33,34). The summed E-state index contributed by atoms with van der Waals surface area (Å²) >= 11 is 6.20. The average molecular weight is 514 g/mol. The van der Waals surface area contributed by atoms with Crippen molar-refractivity contribution in [3.8, 4) is 11.5 Å². The van der Waals surface area contributed by atoms with Crippen LogP contribution < -0.4 is 20.1 Å². The Kier molecular flexibility index (Phi) is 7.28. The lowest BCUT2D eigenvalue weighted by molar-refractivity contribution is -0.111. The lowest BCUT2D eigenvalue weighted by Crippen LogP contribution is -2.11. The molecule has 0 fully saturated rings. The van der Waals surface area contributed by atoms with Gasteiger partial charge < -0.3 is 20.1 Å². The second kappa shape index (κ2) is 10.9. The number of rotatable bonds is 7. The van der Waals surface area contributed by atoms with Crippen molar-refractivity contribution in [2.45, 2.75) is 25.7 Å². The van der Waals surface area contributed by atoms with Crippen LogP contribution in [0.2, 0.25) is 5.02 Å². The number of hydrogen-bond donors (Lipinski definition) is 2. The number of methoxy groups -OCH3 is 2. The van der Waals surface area contributed by atoms with E-state index in [2.05, 4.69) is 10.6 Å². The van der Waals surface area contributed by atoms with Crippen LogP contribution in [0.25, 0.3) is 17.0 Å². The molecule has 0 unspecified atom stereocenters. The number of nitrogens with one attached hydrogen (secondary N) is 2. The van der Waals surface area contributed by atoms with Gasteiger partial charge in [0.1, 0.15) is 0 Å². The van der Waals surface area contributed by atoms with Gasteiger partial charge in [-0.1, -0.05) is 29.8 Å². The summed E-state index contributed by atoms with van der Waals surface area (Å²) < 4.78 is 10.9. The lowest BCUT2D eigenvalue weighted by Gasteiger charge is -2.22. The predicted molar refractivity (Wildman–Crippen MR) is 150 cm³/mol. The molecule has 0 saturated heterocycles. The number of carbonyl (C=O) groups is 1. The van der Waals surface area contributed by atoms with Crippen LogP contribution in [0, 0.1) is 0 Å². The zero-order chi connectivity index (χ0) is 25.8. The van der Waals surface area contributed by atoms with E-state index in [-0.39, 0.29) is 5.91 Å². The van der Waals surface area contributed by atoms with E-state index in [9.17, 15) is 4.79 Å². The molecule has 1 aliphatic rings. The van der Waals surface area contributed by atoms with Gasteiger partial charge in [0.25, 0.3) is 0 Å². The van der Waals surface area contributed by atoms with Gasteiger partial charge in [0.05, 0.1) is 25.4 Å². The third-order valence-electron chi connectivity index (χ3n) is 6.50. The quantitative estimate of drug-likeness (QED) is 0.256. The van der Waals surface area contributed by atoms with Crippen molar-refractivity contribution in [1.29, 1.82) is 0 Å². The summed E-state index contributed by atoms with van der Waals surface area (Å²) in [5, 5.41) is 8.13. The fraction of sp³-hybridized carbons (Fsp3) is 0.200. The van der Waals surface area contributed by atoms with Gasteiger partial charge in [0, 0.05) is 39.6 Å². The Morgan fingerprint density at radius 3 is 2.54 bits per heavy atom. The van der Waals surface area contributed by atoms with Crippen molar-refractivity contribution >= 4 is 51.5 Å². The predicted octanol–water partition coefficient (Wildman–Crippen LogP) is 7.18. The van der Waals surface area contributed by atoms with Crippen LogP contribution in [-0.2, 0) is 17.6 Å². The van der Waals surface area contributed by atoms with Crippen molar-refractivity contribution in [1.82, 2.24) is 4.98 Å². The van der Waals surface area contributed by atoms with Crippen LogP contribution in [0.5, 0.6) is 11.5 Å². The van der Waals surface area contributed by atoms with E-state index in [1.807, 2.05) is 54.6 Å². The summed E-state index contributed by atoms with van der Waals surface area (Å²) in [6, 6.07) is 19.0. The highest BCUT2D eigenvalue weighted by atomic mass is 35.5. The van der Waals surface area contributed by atoms with E-state index in [0.717, 1.165) is 59.2 Å². The zero-order valence-electron chi connectivity index (χ0n) is 20.8. The van der Waals surface area contributed by atoms with Crippen molar-refractivity contribution < 1.29 is 14.3 Å². The van der Waals surface area contributed by atoms with E-state index in [0.29, 0.717) is 22.2 Å². The minimum absolute atomic E-state index is 0.236. The molecule has 5 rings (SSSR count). The molecule has 188 valence electrons. The van der Waals surface area contributed by atoms with Crippen molar-refractivity contribution in [2.24, 2.45) is 0 Å². The van der Waals surface area contributed by atoms with Crippen LogP contribution >= 0.6 is 11.6 Å². The molecule has 1 aliphatic carbocycles. The second-order valence-electron chi connectivity index (χ2n) is 8.89. The van der Waals surface area contributed by atoms with Crippen molar-refractivity contribution in [3.05, 3.63) is 88.6 Å². The number of amides is 1. The number of carbonyl (C=O) groups excluding carboxylic acids is 1. The normalized spacial score (nSPS) is 12.8. The van der Waals surface area contributed by atoms with Crippen molar-refractivity contribution in [3.63, 3.8) is 0 Å². The molecule has 0 saturated carbocycles. The Morgan fingerprint density at radius 2 is 1.73 bits per heavy atom. The Balaban J connectivity index is 1.49. The fourth-order valence-electron chi connectivity index (χ4n) is 4.66. The SMILES string of the molecule is COc1ccc(Nc2c3c(nc4ccc(NC(=O)C=Cc5ccccc5Cl)cc24)CCCC3)cc1OC. The minimum Gasteiger partial charge on any atom is -0.493 e. The van der Waals surface area contributed by atoms with Crippen LogP contribution in [-0.4, -0.2) is 25.1 Å². The summed E-state index contributed by atoms with van der Waals surface area (Å²) in [7, 11) is 3.25. The van der Waals surface area contributed by atoms with Gasteiger partial charge in [-0.25, -0.2) is 0 Å². The van der Waals surface area contributed by atoms with E-state index in [1.54, 1.807) is 26.4 Å². The molecule has 1 heterocycles. The van der Waals surface area contributed by atoms with E-state index >= 15 is 0 Å². The smallest absolute Gasteiger partial charge is 0.248 e. The maximum absolute atomic E-state index is 12.7. The Hall–Kier alpha value is -4.03. The first-order valence-corrected chi connectivity index (χ1v) is 12.6. The summed E-state index contributed by atoms with van der Waals surface area (Å²) in [6.45, 7) is 0. The van der Waals surface area contributed by atoms with Gasteiger partial charge in [-0.15, -0.1) is 0 Å². The number of ether oxygens (including phenoxy) is 2. The lowest BCUT2D eigenvalue weighted by atomic mass is 9.92. The molecule has 2 N–H and O–H groups in total. The highest BCUT2D eigenvalue weighted by Crippen LogP contribution is 2.38. The fourth-order valence-corrected chi connectivity index (χ4v) is 4.86. The number of aryl methyl sites for hydroxylation is 1. The number of anilines is 3. The summed E-state index contributed by atoms with van der Waals surface area (Å²) in [6.07, 6.45) is 7.35. The monoisotopic (exact) mass is 513 g/mol. The van der Waals surface area contributed by atoms with Crippen LogP contribution in [0.15, 0.2) is 66.7 Å². The van der Waals surface area contributed by atoms with Gasteiger partial charge in [-0.3, -0.25) is 9.78 Å². The molecule has 0 spiro atoms. The molecule has 4 aromatic rings. The van der Waals surface area contributed by atoms with E-state index < -0.39 is 0 Å². The molecular weight excluding hydrogens is 486 g/mol. The number of pyridine rings is 1. The number of hydrogen-bond acceptors (Lipinski definition) is 5. The molecule has 37 heavy (non-hydrogen) atoms. The first-order valence-electron chi connectivity index (χ1n) is 12.2. The molecule has 6 nitrogen and oxygen atoms in total. The Morgan fingerprint density at radius 1 is 0.946 bits per heavy atom. The van der Waals surface area contributed by atoms with E-state index in [4.69, 9.17) is 26.1 Å².